The van der Waals surface area contributed by atoms with Gasteiger partial charge in [-0.25, -0.2) is 0 Å². The Hall–Kier alpha value is -2.34. The van der Waals surface area contributed by atoms with Crippen molar-refractivity contribution in [2.75, 3.05) is 11.9 Å². The Labute approximate surface area is 110 Å². The van der Waals surface area contributed by atoms with E-state index in [1.165, 1.54) is 0 Å². The number of nitrogens with one attached hydrogen (secondary N) is 2. The van der Waals surface area contributed by atoms with Crippen molar-refractivity contribution in [1.82, 2.24) is 10.2 Å². The molecular weight excluding hydrogens is 244 g/mol. The second kappa shape index (κ2) is 4.74. The number of aromatic nitrogens is 2. The normalized spacial score (nSPS) is 14.3. The van der Waals surface area contributed by atoms with E-state index < -0.39 is 0 Å². The second-order valence-electron chi connectivity index (χ2n) is 4.34. The monoisotopic (exact) mass is 258 g/mol. The highest BCUT2D eigenvalue weighted by atomic mass is 16.5. The number of carbonyl (C=O) groups is 1. The summed E-state index contributed by atoms with van der Waals surface area (Å²) in [5, 5.41) is 9.88. The molecule has 2 aromatic rings. The summed E-state index contributed by atoms with van der Waals surface area (Å²) >= 11 is 0. The van der Waals surface area contributed by atoms with Crippen LogP contribution < -0.4 is 15.8 Å². The quantitative estimate of drug-likeness (QED) is 0.756. The van der Waals surface area contributed by atoms with Gasteiger partial charge in [-0.2, -0.15) is 5.10 Å². The number of anilines is 1. The van der Waals surface area contributed by atoms with Crippen LogP contribution in [0.1, 0.15) is 12.1 Å². The molecule has 0 unspecified atom stereocenters. The molecule has 0 saturated heterocycles. The molecule has 0 spiro atoms. The van der Waals surface area contributed by atoms with Gasteiger partial charge in [-0.15, -0.1) is 0 Å². The van der Waals surface area contributed by atoms with Crippen LogP contribution in [-0.2, 0) is 11.3 Å². The fraction of sp³-hybridized carbons (Fsp3) is 0.231. The number of nitrogens with zero attached hydrogens (tertiary/aromatic N) is 1. The Morgan fingerprint density at radius 1 is 1.37 bits per heavy atom. The Morgan fingerprint density at radius 2 is 2.26 bits per heavy atom. The van der Waals surface area contributed by atoms with E-state index in [4.69, 9.17) is 10.5 Å². The van der Waals surface area contributed by atoms with Crippen molar-refractivity contribution in [2.24, 2.45) is 5.73 Å². The van der Waals surface area contributed by atoms with E-state index in [1.807, 2.05) is 24.3 Å². The first-order valence-corrected chi connectivity index (χ1v) is 6.07. The number of fused-ring (bicyclic) bond motifs is 1. The van der Waals surface area contributed by atoms with Crippen molar-refractivity contribution in [3.05, 3.63) is 30.0 Å². The summed E-state index contributed by atoms with van der Waals surface area (Å²) in [5.41, 5.74) is 8.78. The zero-order chi connectivity index (χ0) is 13.2. The maximum absolute atomic E-state index is 11.5. The predicted molar refractivity (Wildman–Crippen MR) is 70.7 cm³/mol. The first-order valence-electron chi connectivity index (χ1n) is 6.07. The molecule has 1 aliphatic rings. The Kier molecular flexibility index (Phi) is 2.92. The zero-order valence-corrected chi connectivity index (χ0v) is 10.3. The maximum Gasteiger partial charge on any atom is 0.227 e. The number of aromatic amines is 1. The number of benzene rings is 1. The summed E-state index contributed by atoms with van der Waals surface area (Å²) in [6.45, 7) is 0.815. The molecule has 0 bridgehead atoms. The molecule has 1 aromatic heterocycles. The first-order chi connectivity index (χ1) is 9.26. The molecular formula is C13H14N4O2. The molecule has 0 aliphatic carbocycles. The first kappa shape index (κ1) is 11.7. The van der Waals surface area contributed by atoms with Crippen LogP contribution in [0.4, 0.5) is 5.69 Å². The summed E-state index contributed by atoms with van der Waals surface area (Å²) in [6.07, 6.45) is 0.365. The molecule has 1 amide bonds. The van der Waals surface area contributed by atoms with Gasteiger partial charge in [0.1, 0.15) is 5.75 Å². The standard InChI is InChI=1S/C13H14N4O2/c14-7-9-6-10(17-16-9)8-1-2-12-11(5-8)15-13(18)3-4-19-12/h1-2,5-6H,3-4,7,14H2,(H,15,18)(H,16,17). The van der Waals surface area contributed by atoms with Gasteiger partial charge in [-0.05, 0) is 24.3 Å². The van der Waals surface area contributed by atoms with E-state index in [-0.39, 0.29) is 5.91 Å². The highest BCUT2D eigenvalue weighted by Crippen LogP contribution is 2.31. The molecule has 0 fully saturated rings. The van der Waals surface area contributed by atoms with Gasteiger partial charge in [0, 0.05) is 17.8 Å². The molecule has 1 aromatic carbocycles. The lowest BCUT2D eigenvalue weighted by Crippen LogP contribution is -2.10. The maximum atomic E-state index is 11.5. The van der Waals surface area contributed by atoms with Crippen molar-refractivity contribution in [3.8, 4) is 17.0 Å². The van der Waals surface area contributed by atoms with Crippen molar-refractivity contribution in [2.45, 2.75) is 13.0 Å². The van der Waals surface area contributed by atoms with Crippen molar-refractivity contribution in [3.63, 3.8) is 0 Å². The van der Waals surface area contributed by atoms with Crippen LogP contribution in [0.5, 0.6) is 5.75 Å². The van der Waals surface area contributed by atoms with E-state index in [0.717, 1.165) is 17.0 Å². The largest absolute Gasteiger partial charge is 0.491 e. The van der Waals surface area contributed by atoms with Crippen LogP contribution >= 0.6 is 0 Å². The lowest BCUT2D eigenvalue weighted by molar-refractivity contribution is -0.116. The van der Waals surface area contributed by atoms with Crippen LogP contribution in [0.2, 0.25) is 0 Å². The molecule has 19 heavy (non-hydrogen) atoms. The summed E-state index contributed by atoms with van der Waals surface area (Å²) in [7, 11) is 0. The number of carbonyl (C=O) groups excluding carboxylic acids is 1. The van der Waals surface area contributed by atoms with E-state index in [1.54, 1.807) is 0 Å². The van der Waals surface area contributed by atoms with E-state index in [0.29, 0.717) is 31.0 Å². The van der Waals surface area contributed by atoms with Crippen molar-refractivity contribution in [1.29, 1.82) is 0 Å². The number of nitrogens with two attached hydrogens (primary N) is 1. The minimum absolute atomic E-state index is 0.0411. The van der Waals surface area contributed by atoms with Gasteiger partial charge in [-0.3, -0.25) is 9.89 Å². The number of H-pyrrole nitrogens is 1. The van der Waals surface area contributed by atoms with Gasteiger partial charge < -0.3 is 15.8 Å². The Balaban J connectivity index is 1.98. The summed E-state index contributed by atoms with van der Waals surface area (Å²) < 4.78 is 5.50. The van der Waals surface area contributed by atoms with Gasteiger partial charge in [0.05, 0.1) is 24.4 Å². The van der Waals surface area contributed by atoms with Crippen LogP contribution in [0.3, 0.4) is 0 Å². The summed E-state index contributed by atoms with van der Waals surface area (Å²) in [4.78, 5) is 11.5. The van der Waals surface area contributed by atoms with Crippen LogP contribution in [-0.4, -0.2) is 22.7 Å². The average Bonchev–Trinajstić information content (AvgIpc) is 2.81. The third-order valence-electron chi connectivity index (χ3n) is 2.99. The van der Waals surface area contributed by atoms with Crippen LogP contribution in [0.25, 0.3) is 11.3 Å². The third-order valence-corrected chi connectivity index (χ3v) is 2.99. The van der Waals surface area contributed by atoms with Gasteiger partial charge in [-0.1, -0.05) is 0 Å². The van der Waals surface area contributed by atoms with Gasteiger partial charge in [0.2, 0.25) is 5.91 Å². The topological polar surface area (TPSA) is 93.0 Å². The molecule has 3 rings (SSSR count). The van der Waals surface area contributed by atoms with E-state index in [9.17, 15) is 4.79 Å². The Morgan fingerprint density at radius 3 is 3.05 bits per heavy atom. The highest BCUT2D eigenvalue weighted by Gasteiger charge is 2.15. The molecule has 4 N–H and O–H groups in total. The SMILES string of the molecule is NCc1cc(-c2ccc3c(c2)NC(=O)CCO3)n[nH]1. The molecule has 98 valence electrons. The van der Waals surface area contributed by atoms with Crippen LogP contribution in [0, 0.1) is 0 Å². The molecule has 0 atom stereocenters. The minimum Gasteiger partial charge on any atom is -0.491 e. The minimum atomic E-state index is -0.0411. The number of ether oxygens (including phenoxy) is 1. The Bertz CT molecular complexity index is 621. The molecule has 2 heterocycles. The lowest BCUT2D eigenvalue weighted by atomic mass is 10.1. The highest BCUT2D eigenvalue weighted by molar-refractivity contribution is 5.94. The fourth-order valence-electron chi connectivity index (χ4n) is 1.99. The predicted octanol–water partition coefficient (Wildman–Crippen LogP) is 1.26. The smallest absolute Gasteiger partial charge is 0.227 e. The van der Waals surface area contributed by atoms with Crippen LogP contribution in [0.15, 0.2) is 24.3 Å². The number of hydrogen-bond donors (Lipinski definition) is 3. The van der Waals surface area contributed by atoms with E-state index in [2.05, 4.69) is 15.5 Å². The molecule has 6 heteroatoms. The summed E-state index contributed by atoms with van der Waals surface area (Å²) in [5.74, 6) is 0.643. The fourth-order valence-corrected chi connectivity index (χ4v) is 1.99. The zero-order valence-electron chi connectivity index (χ0n) is 10.3. The summed E-state index contributed by atoms with van der Waals surface area (Å²) in [6, 6.07) is 7.50. The molecule has 6 nitrogen and oxygen atoms in total. The number of rotatable bonds is 2. The average molecular weight is 258 g/mol. The third kappa shape index (κ3) is 2.30. The van der Waals surface area contributed by atoms with Gasteiger partial charge >= 0.3 is 0 Å². The second-order valence-corrected chi connectivity index (χ2v) is 4.34. The number of amides is 1. The molecule has 1 aliphatic heterocycles. The molecule has 0 saturated carbocycles. The lowest BCUT2D eigenvalue weighted by Gasteiger charge is -2.08. The van der Waals surface area contributed by atoms with Crippen molar-refractivity contribution >= 4 is 11.6 Å². The number of hydrogen-bond acceptors (Lipinski definition) is 4. The molecule has 0 radical (unpaired) electrons. The van der Waals surface area contributed by atoms with E-state index >= 15 is 0 Å². The van der Waals surface area contributed by atoms with Crippen molar-refractivity contribution < 1.29 is 9.53 Å². The van der Waals surface area contributed by atoms with Gasteiger partial charge in [0.15, 0.2) is 0 Å². The van der Waals surface area contributed by atoms with Gasteiger partial charge in [0.25, 0.3) is 0 Å².